The molecule has 4 nitrogen and oxygen atoms in total. The lowest BCUT2D eigenvalue weighted by molar-refractivity contribution is 0.174. The monoisotopic (exact) mass is 228 g/mol. The fraction of sp³-hybridized carbons (Fsp3) is 0.100. The Hall–Kier alpha value is -1.68. The molecule has 0 saturated heterocycles. The van der Waals surface area contributed by atoms with Gasteiger partial charge in [-0.15, -0.1) is 12.4 Å². The molecular formula is C10H13ClN2O2. The molecule has 0 saturated carbocycles. The van der Waals surface area contributed by atoms with Crippen molar-refractivity contribution in [2.45, 2.75) is 0 Å². The van der Waals surface area contributed by atoms with Crippen LogP contribution in [0.25, 0.3) is 0 Å². The van der Waals surface area contributed by atoms with Crippen molar-refractivity contribution in [2.75, 3.05) is 17.7 Å². The van der Waals surface area contributed by atoms with Crippen LogP contribution >= 0.6 is 12.4 Å². The van der Waals surface area contributed by atoms with E-state index in [9.17, 15) is 4.79 Å². The van der Waals surface area contributed by atoms with Gasteiger partial charge in [0.25, 0.3) is 0 Å². The fourth-order valence-electron chi connectivity index (χ4n) is 0.855. The topological polar surface area (TPSA) is 64.3 Å². The summed E-state index contributed by atoms with van der Waals surface area (Å²) in [4.78, 5) is 11.0. The molecule has 0 bridgehead atoms. The van der Waals surface area contributed by atoms with Gasteiger partial charge in [-0.05, 0) is 24.3 Å². The van der Waals surface area contributed by atoms with Crippen LogP contribution in [-0.2, 0) is 4.74 Å². The minimum atomic E-state index is -0.505. The number of rotatable bonds is 3. The van der Waals surface area contributed by atoms with Crippen LogP contribution in [0.4, 0.5) is 16.2 Å². The molecule has 0 aliphatic rings. The molecule has 5 heteroatoms. The Bertz CT molecular complexity index is 325. The predicted molar refractivity (Wildman–Crippen MR) is 63.3 cm³/mol. The van der Waals surface area contributed by atoms with E-state index >= 15 is 0 Å². The number of anilines is 2. The normalized spacial score (nSPS) is 8.53. The average Bonchev–Trinajstić information content (AvgIpc) is 2.18. The van der Waals surface area contributed by atoms with E-state index < -0.39 is 6.09 Å². The second-order valence-corrected chi connectivity index (χ2v) is 2.63. The molecule has 0 radical (unpaired) electrons. The third-order valence-corrected chi connectivity index (χ3v) is 1.49. The van der Waals surface area contributed by atoms with E-state index in [-0.39, 0.29) is 19.0 Å². The van der Waals surface area contributed by atoms with Gasteiger partial charge < -0.3 is 10.5 Å². The van der Waals surface area contributed by atoms with E-state index in [1.165, 1.54) is 6.08 Å². The molecule has 0 spiro atoms. The lowest BCUT2D eigenvalue weighted by atomic mass is 10.3. The number of ether oxygens (including phenoxy) is 1. The Kier molecular flexibility index (Phi) is 5.97. The maximum atomic E-state index is 11.0. The number of amides is 1. The van der Waals surface area contributed by atoms with Crippen LogP contribution in [0, 0.1) is 0 Å². The highest BCUT2D eigenvalue weighted by Gasteiger charge is 2.00. The highest BCUT2D eigenvalue weighted by atomic mass is 35.5. The summed E-state index contributed by atoms with van der Waals surface area (Å²) in [6.45, 7) is 3.62. The van der Waals surface area contributed by atoms with Gasteiger partial charge in [-0.25, -0.2) is 4.79 Å². The van der Waals surface area contributed by atoms with Crippen LogP contribution < -0.4 is 11.1 Å². The molecule has 0 heterocycles. The molecule has 82 valence electrons. The smallest absolute Gasteiger partial charge is 0.411 e. The molecule has 1 rings (SSSR count). The summed E-state index contributed by atoms with van der Waals surface area (Å²) in [5.74, 6) is 0. The summed E-state index contributed by atoms with van der Waals surface area (Å²) in [5, 5.41) is 2.54. The maximum Gasteiger partial charge on any atom is 0.411 e. The van der Waals surface area contributed by atoms with E-state index in [0.717, 1.165) is 0 Å². The van der Waals surface area contributed by atoms with Crippen molar-refractivity contribution >= 4 is 29.9 Å². The Labute approximate surface area is 94.5 Å². The summed E-state index contributed by atoms with van der Waals surface area (Å²) in [5.41, 5.74) is 6.78. The summed E-state index contributed by atoms with van der Waals surface area (Å²) in [6.07, 6.45) is 0.998. The van der Waals surface area contributed by atoms with Crippen molar-refractivity contribution in [1.29, 1.82) is 0 Å². The third kappa shape index (κ3) is 4.93. The number of hydrogen-bond acceptors (Lipinski definition) is 3. The highest BCUT2D eigenvalue weighted by Crippen LogP contribution is 2.10. The quantitative estimate of drug-likeness (QED) is 0.617. The Balaban J connectivity index is 0.00000196. The molecule has 0 fully saturated rings. The zero-order valence-corrected chi connectivity index (χ0v) is 8.92. The molecule has 0 unspecified atom stereocenters. The summed E-state index contributed by atoms with van der Waals surface area (Å²) >= 11 is 0. The van der Waals surface area contributed by atoms with Crippen LogP contribution in [0.5, 0.6) is 0 Å². The average molecular weight is 229 g/mol. The summed E-state index contributed by atoms with van der Waals surface area (Å²) < 4.78 is 4.73. The van der Waals surface area contributed by atoms with Crippen LogP contribution in [-0.4, -0.2) is 12.7 Å². The lowest BCUT2D eigenvalue weighted by Crippen LogP contribution is -2.13. The first-order valence-corrected chi connectivity index (χ1v) is 4.12. The van der Waals surface area contributed by atoms with Crippen molar-refractivity contribution in [3.05, 3.63) is 36.9 Å². The van der Waals surface area contributed by atoms with Crippen molar-refractivity contribution in [3.63, 3.8) is 0 Å². The minimum Gasteiger partial charge on any atom is -0.445 e. The van der Waals surface area contributed by atoms with E-state index in [1.807, 2.05) is 0 Å². The van der Waals surface area contributed by atoms with Gasteiger partial charge in [0.2, 0.25) is 0 Å². The number of nitrogen functional groups attached to an aromatic ring is 1. The Morgan fingerprint density at radius 1 is 1.47 bits per heavy atom. The van der Waals surface area contributed by atoms with Crippen LogP contribution in [0.1, 0.15) is 0 Å². The van der Waals surface area contributed by atoms with Gasteiger partial charge in [-0.2, -0.15) is 0 Å². The van der Waals surface area contributed by atoms with Crippen molar-refractivity contribution < 1.29 is 9.53 Å². The standard InChI is InChI=1S/C10H12N2O2.ClH/c1-2-7-14-10(13)12-9-5-3-8(11)4-6-9;/h2-6H,1,7,11H2,(H,12,13);1H. The molecular weight excluding hydrogens is 216 g/mol. The van der Waals surface area contributed by atoms with Gasteiger partial charge >= 0.3 is 6.09 Å². The second-order valence-electron chi connectivity index (χ2n) is 2.63. The van der Waals surface area contributed by atoms with Crippen LogP contribution in [0.2, 0.25) is 0 Å². The molecule has 0 atom stereocenters. The summed E-state index contributed by atoms with van der Waals surface area (Å²) in [7, 11) is 0. The Morgan fingerprint density at radius 2 is 2.07 bits per heavy atom. The first-order chi connectivity index (χ1) is 6.72. The number of halogens is 1. The van der Waals surface area contributed by atoms with E-state index in [2.05, 4.69) is 11.9 Å². The van der Waals surface area contributed by atoms with Crippen molar-refractivity contribution in [1.82, 2.24) is 0 Å². The number of nitrogens with one attached hydrogen (secondary N) is 1. The van der Waals surface area contributed by atoms with Gasteiger partial charge in [0.1, 0.15) is 6.61 Å². The van der Waals surface area contributed by atoms with E-state index in [0.29, 0.717) is 11.4 Å². The van der Waals surface area contributed by atoms with Crippen molar-refractivity contribution in [2.24, 2.45) is 0 Å². The molecule has 1 amide bonds. The number of nitrogens with two attached hydrogens (primary N) is 1. The maximum absolute atomic E-state index is 11.0. The largest absolute Gasteiger partial charge is 0.445 e. The first kappa shape index (κ1) is 13.3. The molecule has 3 N–H and O–H groups in total. The molecule has 15 heavy (non-hydrogen) atoms. The van der Waals surface area contributed by atoms with E-state index in [1.54, 1.807) is 24.3 Å². The minimum absolute atomic E-state index is 0. The highest BCUT2D eigenvalue weighted by molar-refractivity contribution is 5.85. The number of hydrogen-bond donors (Lipinski definition) is 2. The van der Waals surface area contributed by atoms with Crippen molar-refractivity contribution in [3.8, 4) is 0 Å². The Morgan fingerprint density at radius 3 is 2.60 bits per heavy atom. The van der Waals surface area contributed by atoms with Gasteiger partial charge in [0.15, 0.2) is 0 Å². The zero-order valence-electron chi connectivity index (χ0n) is 8.10. The number of carbonyl (C=O) groups is 1. The van der Waals surface area contributed by atoms with Crippen LogP contribution in [0.15, 0.2) is 36.9 Å². The molecule has 0 aromatic heterocycles. The molecule has 1 aromatic rings. The summed E-state index contributed by atoms with van der Waals surface area (Å²) in [6, 6.07) is 6.79. The molecule has 0 aliphatic carbocycles. The fourth-order valence-corrected chi connectivity index (χ4v) is 0.855. The SMILES string of the molecule is C=CCOC(=O)Nc1ccc(N)cc1.Cl. The van der Waals surface area contributed by atoms with Gasteiger partial charge in [0.05, 0.1) is 0 Å². The van der Waals surface area contributed by atoms with E-state index in [4.69, 9.17) is 10.5 Å². The molecule has 0 aliphatic heterocycles. The van der Waals surface area contributed by atoms with Gasteiger partial charge in [-0.1, -0.05) is 12.7 Å². The number of carbonyl (C=O) groups excluding carboxylic acids is 1. The lowest BCUT2D eigenvalue weighted by Gasteiger charge is -2.04. The van der Waals surface area contributed by atoms with Crippen LogP contribution in [0.3, 0.4) is 0 Å². The second kappa shape index (κ2) is 6.73. The van der Waals surface area contributed by atoms with Gasteiger partial charge in [0, 0.05) is 11.4 Å². The molecule has 1 aromatic carbocycles. The zero-order chi connectivity index (χ0) is 10.4. The third-order valence-electron chi connectivity index (χ3n) is 1.49. The predicted octanol–water partition coefficient (Wildman–Crippen LogP) is 2.43. The van der Waals surface area contributed by atoms with Gasteiger partial charge in [-0.3, -0.25) is 5.32 Å². The first-order valence-electron chi connectivity index (χ1n) is 4.12. The number of benzene rings is 1.